The van der Waals surface area contributed by atoms with Crippen molar-refractivity contribution in [3.63, 3.8) is 0 Å². The maximum Gasteiger partial charge on any atom is 0.0821 e. The summed E-state index contributed by atoms with van der Waals surface area (Å²) in [5.41, 5.74) is 2.93. The summed E-state index contributed by atoms with van der Waals surface area (Å²) >= 11 is 0. The van der Waals surface area contributed by atoms with Crippen LogP contribution in [0.3, 0.4) is 0 Å². The molecule has 1 nitrogen and oxygen atoms in total. The van der Waals surface area contributed by atoms with Crippen LogP contribution in [0, 0.1) is 0 Å². The zero-order valence-electron chi connectivity index (χ0n) is 11.5. The molecule has 0 N–H and O–H groups in total. The summed E-state index contributed by atoms with van der Waals surface area (Å²) in [4.78, 5) is 0. The van der Waals surface area contributed by atoms with Gasteiger partial charge in [0.15, 0.2) is 0 Å². The first kappa shape index (κ1) is 13.2. The Bertz CT molecular complexity index is 305. The Balaban J connectivity index is 2.58. The molecule has 0 saturated heterocycles. The lowest BCUT2D eigenvalue weighted by Gasteiger charge is -2.23. The topological polar surface area (TPSA) is 0 Å². The molecule has 0 amide bonds. The summed E-state index contributed by atoms with van der Waals surface area (Å²) in [5.74, 6) is 0.687. The zero-order valence-corrected chi connectivity index (χ0v) is 11.5. The van der Waals surface area contributed by atoms with Gasteiger partial charge in [0.2, 0.25) is 0 Å². The van der Waals surface area contributed by atoms with E-state index in [1.165, 1.54) is 30.5 Å². The van der Waals surface area contributed by atoms with Gasteiger partial charge in [0.1, 0.15) is 0 Å². The molecule has 1 rings (SSSR count). The fraction of sp³-hybridized carbons (Fsp3) is 0.600. The third-order valence-electron chi connectivity index (χ3n) is 3.23. The summed E-state index contributed by atoms with van der Waals surface area (Å²) in [6.07, 6.45) is 2.39. The van der Waals surface area contributed by atoms with E-state index in [-0.39, 0.29) is 0 Å². The van der Waals surface area contributed by atoms with Gasteiger partial charge in [-0.15, -0.1) is 0 Å². The van der Waals surface area contributed by atoms with Gasteiger partial charge in [-0.05, 0) is 23.5 Å². The molecule has 0 spiro atoms. The molecule has 90 valence electrons. The highest BCUT2D eigenvalue weighted by molar-refractivity contribution is 5.25. The van der Waals surface area contributed by atoms with E-state index >= 15 is 0 Å². The highest BCUT2D eigenvalue weighted by Gasteiger charge is 2.07. The number of hydrogen-bond acceptors (Lipinski definition) is 0. The Morgan fingerprint density at radius 3 is 2.06 bits per heavy atom. The molecular formula is C15H26N+. The first-order valence-corrected chi connectivity index (χ1v) is 6.31. The monoisotopic (exact) mass is 220 g/mol. The lowest BCUT2D eigenvalue weighted by Crippen LogP contribution is -2.36. The van der Waals surface area contributed by atoms with Crippen molar-refractivity contribution in [2.45, 2.75) is 32.6 Å². The molecule has 1 unspecified atom stereocenters. The molecule has 1 atom stereocenters. The van der Waals surface area contributed by atoms with Crippen molar-refractivity contribution >= 4 is 0 Å². The quantitative estimate of drug-likeness (QED) is 0.667. The highest BCUT2D eigenvalue weighted by atomic mass is 15.3. The fourth-order valence-electron chi connectivity index (χ4n) is 1.71. The van der Waals surface area contributed by atoms with Crippen LogP contribution in [0.2, 0.25) is 0 Å². The maximum absolute atomic E-state index is 2.29. The molecule has 1 heteroatoms. The molecule has 0 aliphatic heterocycles. The molecule has 0 aliphatic carbocycles. The standard InChI is InChI=1S/C15H26N/c1-6-13(2)15-9-7-14(8-10-15)11-12-16(3,4)5/h7-10,13H,6,11-12H2,1-5H3/q+1. The number of quaternary nitrogens is 1. The summed E-state index contributed by atoms with van der Waals surface area (Å²) in [5, 5.41) is 0. The highest BCUT2D eigenvalue weighted by Crippen LogP contribution is 2.19. The maximum atomic E-state index is 2.29. The van der Waals surface area contributed by atoms with Gasteiger partial charge in [-0.2, -0.15) is 0 Å². The molecule has 0 heterocycles. The Morgan fingerprint density at radius 2 is 1.62 bits per heavy atom. The summed E-state index contributed by atoms with van der Waals surface area (Å²) in [6, 6.07) is 9.16. The summed E-state index contributed by atoms with van der Waals surface area (Å²) in [6.45, 7) is 5.74. The molecule has 0 radical (unpaired) electrons. The predicted octanol–water partition coefficient (Wildman–Crippen LogP) is 3.45. The lowest BCUT2D eigenvalue weighted by atomic mass is 9.97. The minimum Gasteiger partial charge on any atom is -0.331 e. The van der Waals surface area contributed by atoms with E-state index in [9.17, 15) is 0 Å². The first-order valence-electron chi connectivity index (χ1n) is 6.31. The van der Waals surface area contributed by atoms with E-state index in [4.69, 9.17) is 0 Å². The molecular weight excluding hydrogens is 194 g/mol. The van der Waals surface area contributed by atoms with E-state index in [2.05, 4.69) is 59.3 Å². The number of rotatable bonds is 5. The average molecular weight is 220 g/mol. The van der Waals surface area contributed by atoms with Crippen molar-refractivity contribution in [3.8, 4) is 0 Å². The van der Waals surface area contributed by atoms with Gasteiger partial charge < -0.3 is 4.48 Å². The van der Waals surface area contributed by atoms with E-state index in [0.717, 1.165) is 4.48 Å². The normalized spacial score (nSPS) is 13.8. The molecule has 16 heavy (non-hydrogen) atoms. The number of hydrogen-bond donors (Lipinski definition) is 0. The van der Waals surface area contributed by atoms with Gasteiger partial charge in [0.05, 0.1) is 27.7 Å². The van der Waals surface area contributed by atoms with E-state index in [0.29, 0.717) is 5.92 Å². The number of benzene rings is 1. The number of likely N-dealkylation sites (N-methyl/N-ethyl adjacent to an activating group) is 1. The van der Waals surface area contributed by atoms with Crippen LogP contribution < -0.4 is 0 Å². The Hall–Kier alpha value is -0.820. The lowest BCUT2D eigenvalue weighted by molar-refractivity contribution is -0.870. The van der Waals surface area contributed by atoms with Crippen LogP contribution >= 0.6 is 0 Å². The average Bonchev–Trinajstić information content (AvgIpc) is 2.25. The van der Waals surface area contributed by atoms with Crippen LogP contribution in [0.4, 0.5) is 0 Å². The third-order valence-corrected chi connectivity index (χ3v) is 3.23. The minimum atomic E-state index is 0.687. The molecule has 0 fully saturated rings. The molecule has 1 aromatic rings. The fourth-order valence-corrected chi connectivity index (χ4v) is 1.71. The minimum absolute atomic E-state index is 0.687. The van der Waals surface area contributed by atoms with Crippen LogP contribution in [0.1, 0.15) is 37.3 Å². The third kappa shape index (κ3) is 4.36. The van der Waals surface area contributed by atoms with Crippen molar-refractivity contribution < 1.29 is 4.48 Å². The number of nitrogens with zero attached hydrogens (tertiary/aromatic N) is 1. The van der Waals surface area contributed by atoms with E-state index in [1.54, 1.807) is 0 Å². The van der Waals surface area contributed by atoms with Crippen molar-refractivity contribution in [2.75, 3.05) is 27.7 Å². The van der Waals surface area contributed by atoms with Gasteiger partial charge in [0, 0.05) is 6.42 Å². The van der Waals surface area contributed by atoms with Gasteiger partial charge in [-0.25, -0.2) is 0 Å². The van der Waals surface area contributed by atoms with Gasteiger partial charge in [-0.1, -0.05) is 38.1 Å². The van der Waals surface area contributed by atoms with Crippen molar-refractivity contribution in [1.82, 2.24) is 0 Å². The van der Waals surface area contributed by atoms with Crippen LogP contribution in [-0.2, 0) is 6.42 Å². The van der Waals surface area contributed by atoms with Gasteiger partial charge >= 0.3 is 0 Å². The molecule has 1 aromatic carbocycles. The SMILES string of the molecule is CCC(C)c1ccc(CC[N+](C)(C)C)cc1. The Kier molecular flexibility index (Phi) is 4.55. The molecule has 0 bridgehead atoms. The van der Waals surface area contributed by atoms with Gasteiger partial charge in [0.25, 0.3) is 0 Å². The van der Waals surface area contributed by atoms with E-state index < -0.39 is 0 Å². The Labute approximate surface area is 101 Å². The van der Waals surface area contributed by atoms with Crippen LogP contribution in [0.15, 0.2) is 24.3 Å². The van der Waals surface area contributed by atoms with Crippen LogP contribution in [0.25, 0.3) is 0 Å². The largest absolute Gasteiger partial charge is 0.331 e. The zero-order chi connectivity index (χ0) is 12.2. The summed E-state index contributed by atoms with van der Waals surface area (Å²) in [7, 11) is 6.73. The van der Waals surface area contributed by atoms with Crippen molar-refractivity contribution in [1.29, 1.82) is 0 Å². The van der Waals surface area contributed by atoms with Crippen LogP contribution in [-0.4, -0.2) is 32.2 Å². The summed E-state index contributed by atoms with van der Waals surface area (Å²) < 4.78 is 1.03. The second kappa shape index (κ2) is 5.49. The second-order valence-corrected chi connectivity index (χ2v) is 5.81. The predicted molar refractivity (Wildman–Crippen MR) is 71.8 cm³/mol. The van der Waals surface area contributed by atoms with Crippen LogP contribution in [0.5, 0.6) is 0 Å². The van der Waals surface area contributed by atoms with Gasteiger partial charge in [-0.3, -0.25) is 0 Å². The Morgan fingerprint density at radius 1 is 1.06 bits per heavy atom. The van der Waals surface area contributed by atoms with Crippen molar-refractivity contribution in [3.05, 3.63) is 35.4 Å². The molecule has 0 aromatic heterocycles. The second-order valence-electron chi connectivity index (χ2n) is 5.81. The molecule has 0 aliphatic rings. The van der Waals surface area contributed by atoms with E-state index in [1.807, 2.05) is 0 Å². The molecule has 0 saturated carbocycles. The first-order chi connectivity index (χ1) is 7.42. The van der Waals surface area contributed by atoms with Crippen molar-refractivity contribution in [2.24, 2.45) is 0 Å². The smallest absolute Gasteiger partial charge is 0.0821 e.